The van der Waals surface area contributed by atoms with Gasteiger partial charge in [0.25, 0.3) is 5.91 Å². The van der Waals surface area contributed by atoms with Crippen LogP contribution in [0.4, 0.5) is 0 Å². The molecule has 4 nitrogen and oxygen atoms in total. The monoisotopic (exact) mass is 345 g/mol. The van der Waals surface area contributed by atoms with E-state index in [1.807, 2.05) is 67.5 Å². The Kier molecular flexibility index (Phi) is 6.79. The molecule has 2 aromatic carbocycles. The molecule has 0 radical (unpaired) electrons. The molecular formula is C19H24ClN3O. The maximum Gasteiger partial charge on any atom is 0.254 e. The Bertz CT molecular complexity index is 671. The fourth-order valence-corrected chi connectivity index (χ4v) is 2.61. The van der Waals surface area contributed by atoms with Gasteiger partial charge in [0.05, 0.1) is 0 Å². The molecule has 2 N–H and O–H groups in total. The molecule has 2 aromatic rings. The van der Waals surface area contributed by atoms with E-state index in [1.54, 1.807) is 0 Å². The van der Waals surface area contributed by atoms with Gasteiger partial charge in [-0.2, -0.15) is 0 Å². The molecule has 0 aliphatic rings. The lowest BCUT2D eigenvalue weighted by Crippen LogP contribution is -2.36. The summed E-state index contributed by atoms with van der Waals surface area (Å²) >= 11 is 6.06. The summed E-state index contributed by atoms with van der Waals surface area (Å²) in [7, 11) is 4.00. The van der Waals surface area contributed by atoms with Gasteiger partial charge < -0.3 is 15.5 Å². The second kappa shape index (κ2) is 8.83. The molecule has 0 atom stereocenters. The second-order valence-corrected chi connectivity index (χ2v) is 6.50. The third kappa shape index (κ3) is 5.34. The summed E-state index contributed by atoms with van der Waals surface area (Å²) in [6, 6.07) is 15.1. The number of benzene rings is 2. The summed E-state index contributed by atoms with van der Waals surface area (Å²) in [5, 5.41) is 0.680. The number of nitrogens with zero attached hydrogens (tertiary/aromatic N) is 2. The molecule has 0 aliphatic heterocycles. The largest absolute Gasteiger partial charge is 0.333 e. The molecule has 1 amide bonds. The maximum absolute atomic E-state index is 12.9. The lowest BCUT2D eigenvalue weighted by atomic mass is 10.1. The van der Waals surface area contributed by atoms with Crippen molar-refractivity contribution < 1.29 is 4.79 Å². The van der Waals surface area contributed by atoms with Crippen LogP contribution in [0.15, 0.2) is 48.5 Å². The minimum absolute atomic E-state index is 0.0143. The lowest BCUT2D eigenvalue weighted by Gasteiger charge is -2.25. The third-order valence-corrected chi connectivity index (χ3v) is 4.04. The van der Waals surface area contributed by atoms with E-state index in [9.17, 15) is 4.79 Å². The molecule has 24 heavy (non-hydrogen) atoms. The molecule has 0 saturated carbocycles. The van der Waals surface area contributed by atoms with Gasteiger partial charge in [-0.1, -0.05) is 35.9 Å². The van der Waals surface area contributed by atoms with Crippen LogP contribution in [0.1, 0.15) is 21.5 Å². The highest BCUT2D eigenvalue weighted by Gasteiger charge is 2.16. The number of rotatable bonds is 7. The molecule has 0 bridgehead atoms. The number of likely N-dealkylation sites (N-methyl/N-ethyl adjacent to an activating group) is 1. The van der Waals surface area contributed by atoms with Crippen molar-refractivity contribution in [2.75, 3.05) is 27.2 Å². The smallest absolute Gasteiger partial charge is 0.254 e. The van der Waals surface area contributed by atoms with E-state index >= 15 is 0 Å². The van der Waals surface area contributed by atoms with Crippen molar-refractivity contribution in [3.8, 4) is 0 Å². The molecule has 0 spiro atoms. The molecule has 0 heterocycles. The first-order valence-corrected chi connectivity index (χ1v) is 8.35. The average molecular weight is 346 g/mol. The molecule has 0 aromatic heterocycles. The Balaban J connectivity index is 2.18. The topological polar surface area (TPSA) is 49.6 Å². The molecule has 128 valence electrons. The maximum atomic E-state index is 12.9. The van der Waals surface area contributed by atoms with Gasteiger partial charge in [0.1, 0.15) is 0 Å². The Hall–Kier alpha value is -1.88. The van der Waals surface area contributed by atoms with Crippen molar-refractivity contribution in [1.82, 2.24) is 9.80 Å². The van der Waals surface area contributed by atoms with Crippen LogP contribution >= 0.6 is 11.6 Å². The zero-order valence-electron chi connectivity index (χ0n) is 14.2. The minimum Gasteiger partial charge on any atom is -0.333 e. The minimum atomic E-state index is 0.0143. The number of halogens is 1. The summed E-state index contributed by atoms with van der Waals surface area (Å²) in [5.74, 6) is 0.0143. The van der Waals surface area contributed by atoms with E-state index in [-0.39, 0.29) is 5.91 Å². The fraction of sp³-hybridized carbons (Fsp3) is 0.316. The normalized spacial score (nSPS) is 10.9. The first kappa shape index (κ1) is 18.5. The van der Waals surface area contributed by atoms with Crippen LogP contribution in [0.5, 0.6) is 0 Å². The van der Waals surface area contributed by atoms with Gasteiger partial charge in [0.15, 0.2) is 0 Å². The van der Waals surface area contributed by atoms with E-state index in [1.165, 1.54) is 0 Å². The first-order chi connectivity index (χ1) is 11.5. The van der Waals surface area contributed by atoms with E-state index < -0.39 is 0 Å². The van der Waals surface area contributed by atoms with Crippen LogP contribution in [-0.4, -0.2) is 42.9 Å². The predicted octanol–water partition coefficient (Wildman–Crippen LogP) is 3.00. The molecule has 0 fully saturated rings. The van der Waals surface area contributed by atoms with Gasteiger partial charge >= 0.3 is 0 Å². The third-order valence-electron chi connectivity index (χ3n) is 3.80. The van der Waals surface area contributed by atoms with Crippen LogP contribution in [0.3, 0.4) is 0 Å². The Morgan fingerprint density at radius 3 is 2.33 bits per heavy atom. The van der Waals surface area contributed by atoms with Gasteiger partial charge in [-0.05, 0) is 49.5 Å². The number of carbonyl (C=O) groups is 1. The summed E-state index contributed by atoms with van der Waals surface area (Å²) in [6.45, 7) is 2.46. The van der Waals surface area contributed by atoms with Crippen LogP contribution in [0.25, 0.3) is 0 Å². The van der Waals surface area contributed by atoms with Gasteiger partial charge in [-0.25, -0.2) is 0 Å². The van der Waals surface area contributed by atoms with Crippen LogP contribution in [0, 0.1) is 0 Å². The number of nitrogens with two attached hydrogens (primary N) is 1. The van der Waals surface area contributed by atoms with E-state index in [4.69, 9.17) is 17.3 Å². The van der Waals surface area contributed by atoms with Gasteiger partial charge in [0.2, 0.25) is 0 Å². The number of carbonyl (C=O) groups excluding carboxylic acids is 1. The van der Waals surface area contributed by atoms with E-state index in [0.29, 0.717) is 30.2 Å². The molecule has 0 unspecified atom stereocenters. The summed E-state index contributed by atoms with van der Waals surface area (Å²) in [5.41, 5.74) is 8.33. The highest BCUT2D eigenvalue weighted by molar-refractivity contribution is 6.30. The Labute approximate surface area is 148 Å². The number of hydrogen-bond acceptors (Lipinski definition) is 3. The van der Waals surface area contributed by atoms with Gasteiger partial charge in [-0.3, -0.25) is 4.79 Å². The van der Waals surface area contributed by atoms with Gasteiger partial charge in [-0.15, -0.1) is 0 Å². The van der Waals surface area contributed by atoms with Crippen molar-refractivity contribution in [2.24, 2.45) is 5.73 Å². The quantitative estimate of drug-likeness (QED) is 0.839. The van der Waals surface area contributed by atoms with Crippen molar-refractivity contribution in [3.63, 3.8) is 0 Å². The number of hydrogen-bond donors (Lipinski definition) is 1. The zero-order chi connectivity index (χ0) is 17.5. The van der Waals surface area contributed by atoms with E-state index in [2.05, 4.69) is 4.90 Å². The average Bonchev–Trinajstić information content (AvgIpc) is 2.58. The van der Waals surface area contributed by atoms with E-state index in [0.717, 1.165) is 17.7 Å². The van der Waals surface area contributed by atoms with Crippen molar-refractivity contribution in [3.05, 3.63) is 70.2 Å². The summed E-state index contributed by atoms with van der Waals surface area (Å²) < 4.78 is 0. The molecule has 0 aliphatic carbocycles. The van der Waals surface area contributed by atoms with Crippen molar-refractivity contribution >= 4 is 17.5 Å². The first-order valence-electron chi connectivity index (χ1n) is 7.97. The Morgan fingerprint density at radius 1 is 1.04 bits per heavy atom. The second-order valence-electron chi connectivity index (χ2n) is 6.06. The highest BCUT2D eigenvalue weighted by atomic mass is 35.5. The number of amides is 1. The fourth-order valence-electron chi connectivity index (χ4n) is 2.39. The molecule has 2 rings (SSSR count). The molecule has 5 heteroatoms. The summed E-state index contributed by atoms with van der Waals surface area (Å²) in [4.78, 5) is 16.8. The lowest BCUT2D eigenvalue weighted by molar-refractivity contribution is 0.0732. The van der Waals surface area contributed by atoms with Crippen LogP contribution in [-0.2, 0) is 13.1 Å². The standard InChI is InChI=1S/C19H24ClN3O/c1-22(2)10-11-23(14-16-4-3-5-18(20)12-16)19(24)17-8-6-15(13-21)7-9-17/h3-9,12H,10-11,13-14,21H2,1-2H3. The zero-order valence-corrected chi connectivity index (χ0v) is 15.0. The predicted molar refractivity (Wildman–Crippen MR) is 99.1 cm³/mol. The van der Waals surface area contributed by atoms with Crippen molar-refractivity contribution in [1.29, 1.82) is 0 Å². The van der Waals surface area contributed by atoms with Crippen LogP contribution < -0.4 is 5.73 Å². The SMILES string of the molecule is CN(C)CCN(Cc1cccc(Cl)c1)C(=O)c1ccc(CN)cc1. The Morgan fingerprint density at radius 2 is 1.75 bits per heavy atom. The summed E-state index contributed by atoms with van der Waals surface area (Å²) in [6.07, 6.45) is 0. The highest BCUT2D eigenvalue weighted by Crippen LogP contribution is 2.15. The van der Waals surface area contributed by atoms with Crippen LogP contribution in [0.2, 0.25) is 5.02 Å². The van der Waals surface area contributed by atoms with Crippen molar-refractivity contribution in [2.45, 2.75) is 13.1 Å². The molecule has 0 saturated heterocycles. The van der Waals surface area contributed by atoms with Gasteiger partial charge in [0, 0.05) is 36.8 Å². The molecular weight excluding hydrogens is 322 g/mol.